The number of rotatable bonds is 4. The van der Waals surface area contributed by atoms with Crippen LogP contribution in [0, 0.1) is 0 Å². The van der Waals surface area contributed by atoms with Gasteiger partial charge in [-0.15, -0.1) is 0 Å². The first-order chi connectivity index (χ1) is 9.70. The number of carbonyl (C=O) groups is 1. The number of halogens is 2. The van der Waals surface area contributed by atoms with Gasteiger partial charge in [-0.05, 0) is 28.1 Å². The molecule has 0 aliphatic rings. The molecule has 7 nitrogen and oxygen atoms in total. The van der Waals surface area contributed by atoms with Crippen LogP contribution in [0.4, 0.5) is 5.69 Å². The number of aryl methyl sites for hydroxylation is 1. The molecule has 0 amide bonds. The van der Waals surface area contributed by atoms with Crippen LogP contribution in [0.25, 0.3) is 0 Å². The van der Waals surface area contributed by atoms with E-state index in [9.17, 15) is 18.3 Å². The predicted molar refractivity (Wildman–Crippen MR) is 82.8 cm³/mol. The number of anilines is 1. The highest BCUT2D eigenvalue weighted by molar-refractivity contribution is 9.11. The minimum absolute atomic E-state index is 0.0589. The molecule has 1 heterocycles. The maximum absolute atomic E-state index is 12.2. The number of sulfonamides is 1. The van der Waals surface area contributed by atoms with Crippen LogP contribution in [0.2, 0.25) is 0 Å². The summed E-state index contributed by atoms with van der Waals surface area (Å²) in [5.41, 5.74) is -0.243. The Hall–Kier alpha value is -1.39. The summed E-state index contributed by atoms with van der Waals surface area (Å²) in [7, 11) is -2.35. The van der Waals surface area contributed by atoms with Crippen molar-refractivity contribution in [2.24, 2.45) is 7.05 Å². The zero-order valence-electron chi connectivity index (χ0n) is 10.5. The number of nitrogens with zero attached hydrogens (tertiary/aromatic N) is 2. The minimum Gasteiger partial charge on any atom is -0.478 e. The lowest BCUT2D eigenvalue weighted by Crippen LogP contribution is -2.16. The van der Waals surface area contributed by atoms with Gasteiger partial charge in [0.25, 0.3) is 10.0 Å². The van der Waals surface area contributed by atoms with E-state index in [0.29, 0.717) is 8.95 Å². The Morgan fingerprint density at radius 1 is 1.38 bits per heavy atom. The smallest absolute Gasteiger partial charge is 0.337 e. The van der Waals surface area contributed by atoms with Gasteiger partial charge in [0.1, 0.15) is 0 Å². The van der Waals surface area contributed by atoms with Crippen molar-refractivity contribution >= 4 is 53.5 Å². The molecule has 0 spiro atoms. The molecule has 1 aromatic heterocycles. The number of aromatic carboxylic acids is 1. The summed E-state index contributed by atoms with van der Waals surface area (Å²) in [5, 5.41) is 8.99. The summed E-state index contributed by atoms with van der Waals surface area (Å²) in [4.78, 5) is 15.0. The van der Waals surface area contributed by atoms with Gasteiger partial charge in [-0.3, -0.25) is 4.72 Å². The highest BCUT2D eigenvalue weighted by Gasteiger charge is 2.23. The second-order valence-electron chi connectivity index (χ2n) is 4.10. The van der Waals surface area contributed by atoms with Gasteiger partial charge in [-0.25, -0.2) is 9.78 Å². The Balaban J connectivity index is 2.51. The molecule has 21 heavy (non-hydrogen) atoms. The van der Waals surface area contributed by atoms with Crippen LogP contribution in [0.15, 0.2) is 38.6 Å². The Labute approximate surface area is 137 Å². The average Bonchev–Trinajstić information content (AvgIpc) is 2.79. The summed E-state index contributed by atoms with van der Waals surface area (Å²) in [6.45, 7) is 0. The van der Waals surface area contributed by atoms with Crippen molar-refractivity contribution in [2.45, 2.75) is 5.03 Å². The van der Waals surface area contributed by atoms with E-state index in [4.69, 9.17) is 0 Å². The van der Waals surface area contributed by atoms with Crippen LogP contribution >= 0.6 is 31.9 Å². The maximum Gasteiger partial charge on any atom is 0.337 e. The van der Waals surface area contributed by atoms with E-state index >= 15 is 0 Å². The fraction of sp³-hybridized carbons (Fsp3) is 0.0909. The van der Waals surface area contributed by atoms with Crippen molar-refractivity contribution < 1.29 is 18.3 Å². The van der Waals surface area contributed by atoms with Crippen LogP contribution in [0.5, 0.6) is 0 Å². The fourth-order valence-corrected chi connectivity index (χ4v) is 4.10. The molecule has 0 bridgehead atoms. The molecular weight excluding hydrogens is 430 g/mol. The lowest BCUT2D eigenvalue weighted by Gasteiger charge is -2.11. The molecule has 0 fully saturated rings. The molecule has 2 N–H and O–H groups in total. The van der Waals surface area contributed by atoms with Crippen LogP contribution in [-0.2, 0) is 17.1 Å². The number of nitrogens with one attached hydrogen (secondary N) is 1. The predicted octanol–water partition coefficient (Wildman–Crippen LogP) is 2.44. The number of benzene rings is 1. The molecule has 2 aromatic rings. The Bertz CT molecular complexity index is 817. The van der Waals surface area contributed by atoms with E-state index in [-0.39, 0.29) is 16.3 Å². The van der Waals surface area contributed by atoms with Crippen molar-refractivity contribution in [1.29, 1.82) is 0 Å². The molecule has 0 radical (unpaired) electrons. The number of hydrogen-bond donors (Lipinski definition) is 2. The Morgan fingerprint density at radius 2 is 2.05 bits per heavy atom. The van der Waals surface area contributed by atoms with Crippen LogP contribution in [0.1, 0.15) is 10.4 Å². The van der Waals surface area contributed by atoms with Gasteiger partial charge in [0.15, 0.2) is 5.03 Å². The van der Waals surface area contributed by atoms with Gasteiger partial charge in [-0.1, -0.05) is 15.9 Å². The standard InChI is InChI=1S/C11H9Br2N3O4S/c1-16-4-9(14-5-16)21(19,20)15-10-7(11(17)18)2-6(12)3-8(10)13/h2-5,15H,1H3,(H,17,18). The first-order valence-corrected chi connectivity index (χ1v) is 8.51. The molecule has 2 rings (SSSR count). The number of imidazole rings is 1. The van der Waals surface area contributed by atoms with E-state index in [1.54, 1.807) is 13.1 Å². The van der Waals surface area contributed by atoms with E-state index < -0.39 is 16.0 Å². The van der Waals surface area contributed by atoms with Crippen molar-refractivity contribution in [3.63, 3.8) is 0 Å². The molecule has 0 aliphatic heterocycles. The first-order valence-electron chi connectivity index (χ1n) is 5.44. The van der Waals surface area contributed by atoms with Crippen molar-refractivity contribution in [1.82, 2.24) is 9.55 Å². The third kappa shape index (κ3) is 3.44. The number of carboxylic acids is 1. The van der Waals surface area contributed by atoms with Gasteiger partial charge in [-0.2, -0.15) is 8.42 Å². The van der Waals surface area contributed by atoms with E-state index in [1.165, 1.54) is 23.2 Å². The maximum atomic E-state index is 12.2. The topological polar surface area (TPSA) is 101 Å². The number of aromatic nitrogens is 2. The van der Waals surface area contributed by atoms with Crippen molar-refractivity contribution in [3.8, 4) is 0 Å². The summed E-state index contributed by atoms with van der Waals surface area (Å²) in [6.07, 6.45) is 2.65. The van der Waals surface area contributed by atoms with Gasteiger partial charge in [0, 0.05) is 22.2 Å². The van der Waals surface area contributed by atoms with Gasteiger partial charge >= 0.3 is 5.97 Å². The first kappa shape index (κ1) is 16.0. The monoisotopic (exact) mass is 437 g/mol. The van der Waals surface area contributed by atoms with Crippen LogP contribution < -0.4 is 4.72 Å². The summed E-state index contributed by atoms with van der Waals surface area (Å²) < 4.78 is 29.0. The second-order valence-corrected chi connectivity index (χ2v) is 7.50. The lowest BCUT2D eigenvalue weighted by atomic mass is 10.2. The highest BCUT2D eigenvalue weighted by Crippen LogP contribution is 2.32. The largest absolute Gasteiger partial charge is 0.478 e. The third-order valence-electron chi connectivity index (χ3n) is 2.48. The Kier molecular flexibility index (Phi) is 4.40. The quantitative estimate of drug-likeness (QED) is 0.763. The lowest BCUT2D eigenvalue weighted by molar-refractivity contribution is 0.0698. The molecule has 112 valence electrons. The molecule has 0 saturated carbocycles. The summed E-state index contributed by atoms with van der Waals surface area (Å²) in [6, 6.07) is 2.85. The molecule has 0 aliphatic carbocycles. The molecular formula is C11H9Br2N3O4S. The zero-order valence-corrected chi connectivity index (χ0v) is 14.5. The third-order valence-corrected chi connectivity index (χ3v) is 4.80. The SMILES string of the molecule is Cn1cnc(S(=O)(=O)Nc2c(Br)cc(Br)cc2C(=O)O)c1. The van der Waals surface area contributed by atoms with Gasteiger partial charge < -0.3 is 9.67 Å². The van der Waals surface area contributed by atoms with Crippen LogP contribution in [0.3, 0.4) is 0 Å². The molecule has 0 unspecified atom stereocenters. The van der Waals surface area contributed by atoms with Crippen molar-refractivity contribution in [2.75, 3.05) is 4.72 Å². The van der Waals surface area contributed by atoms with E-state index in [1.807, 2.05) is 0 Å². The van der Waals surface area contributed by atoms with Crippen molar-refractivity contribution in [3.05, 3.63) is 39.2 Å². The Morgan fingerprint density at radius 3 is 2.57 bits per heavy atom. The van der Waals surface area contributed by atoms with Crippen LogP contribution in [-0.4, -0.2) is 29.0 Å². The molecule has 0 atom stereocenters. The summed E-state index contributed by atoms with van der Waals surface area (Å²) in [5.74, 6) is -1.25. The highest BCUT2D eigenvalue weighted by atomic mass is 79.9. The molecule has 1 aromatic carbocycles. The van der Waals surface area contributed by atoms with Gasteiger partial charge in [0.05, 0.1) is 17.6 Å². The van der Waals surface area contributed by atoms with E-state index in [0.717, 1.165) is 0 Å². The van der Waals surface area contributed by atoms with E-state index in [2.05, 4.69) is 41.6 Å². The second kappa shape index (κ2) is 5.78. The molecule has 0 saturated heterocycles. The number of carboxylic acid groups (broad SMARTS) is 1. The molecule has 10 heteroatoms. The number of hydrogen-bond acceptors (Lipinski definition) is 4. The minimum atomic E-state index is -3.97. The van der Waals surface area contributed by atoms with Gasteiger partial charge in [0.2, 0.25) is 0 Å². The normalized spacial score (nSPS) is 11.4. The average molecular weight is 439 g/mol. The summed E-state index contributed by atoms with van der Waals surface area (Å²) >= 11 is 6.31. The fourth-order valence-electron chi connectivity index (χ4n) is 1.56. The zero-order chi connectivity index (χ0) is 15.8.